The Bertz CT molecular complexity index is 1520. The van der Waals surface area contributed by atoms with Crippen LogP contribution in [0.15, 0.2) is 48.9 Å². The summed E-state index contributed by atoms with van der Waals surface area (Å²) in [5, 5.41) is 3.22. The van der Waals surface area contributed by atoms with Gasteiger partial charge in [0.15, 0.2) is 0 Å². The number of pyridine rings is 1. The Hall–Kier alpha value is -4.22. The maximum Gasteiger partial charge on any atom is 0.416 e. The van der Waals surface area contributed by atoms with Crippen molar-refractivity contribution in [2.24, 2.45) is 5.92 Å². The number of hydrogen-bond acceptors (Lipinski definition) is 6. The number of likely N-dealkylation sites (tertiary alicyclic amines) is 1. The molecule has 36 heavy (non-hydrogen) atoms. The molecule has 1 aliphatic heterocycles. The van der Waals surface area contributed by atoms with Crippen LogP contribution in [0.4, 0.5) is 24.8 Å². The molecule has 0 radical (unpaired) electrons. The zero-order chi connectivity index (χ0) is 25.2. The number of nitrogens with one attached hydrogen (secondary N) is 1. The second-order valence-corrected chi connectivity index (χ2v) is 9.09. The third-order valence-corrected chi connectivity index (χ3v) is 6.90. The third-order valence-electron chi connectivity index (χ3n) is 6.90. The van der Waals surface area contributed by atoms with Crippen LogP contribution in [0.1, 0.15) is 18.4 Å². The zero-order valence-electron chi connectivity index (χ0n) is 18.7. The minimum absolute atomic E-state index is 0.0200. The minimum Gasteiger partial charge on any atom is -0.383 e. The predicted octanol–water partition coefficient (Wildman–Crippen LogP) is 3.21. The van der Waals surface area contributed by atoms with E-state index in [2.05, 4.69) is 20.3 Å². The molecule has 0 bridgehead atoms. The lowest BCUT2D eigenvalue weighted by atomic mass is 10.1. The second kappa shape index (κ2) is 7.90. The van der Waals surface area contributed by atoms with Gasteiger partial charge in [-0.15, -0.1) is 0 Å². The molecule has 3 aromatic heterocycles. The topological polar surface area (TPSA) is 119 Å². The smallest absolute Gasteiger partial charge is 0.383 e. The van der Waals surface area contributed by atoms with Crippen molar-refractivity contribution in [1.82, 2.24) is 24.4 Å². The number of benzene rings is 1. The molecule has 1 aromatic carbocycles. The highest BCUT2D eigenvalue weighted by Gasteiger charge is 2.56. The molecule has 12 heteroatoms. The number of nitrogens with two attached hydrogens (primary N) is 1. The van der Waals surface area contributed by atoms with Crippen LogP contribution in [0.25, 0.3) is 21.9 Å². The first-order valence-electron chi connectivity index (χ1n) is 11.3. The first kappa shape index (κ1) is 22.3. The summed E-state index contributed by atoms with van der Waals surface area (Å²) < 4.78 is 41.7. The lowest BCUT2D eigenvalue weighted by molar-refractivity contribution is -0.138. The Morgan fingerprint density at radius 1 is 1.11 bits per heavy atom. The molecule has 9 nitrogen and oxygen atoms in total. The quantitative estimate of drug-likeness (QED) is 0.449. The van der Waals surface area contributed by atoms with Gasteiger partial charge >= 0.3 is 6.18 Å². The van der Waals surface area contributed by atoms with E-state index >= 15 is 0 Å². The van der Waals surface area contributed by atoms with Crippen molar-refractivity contribution < 1.29 is 22.8 Å². The first-order valence-corrected chi connectivity index (χ1v) is 11.3. The van der Waals surface area contributed by atoms with Crippen LogP contribution in [-0.2, 0) is 22.3 Å². The maximum atomic E-state index is 13.6. The van der Waals surface area contributed by atoms with E-state index < -0.39 is 17.8 Å². The summed E-state index contributed by atoms with van der Waals surface area (Å²) in [6.07, 6.45) is -0.418. The minimum atomic E-state index is -4.55. The van der Waals surface area contributed by atoms with Crippen molar-refractivity contribution >= 4 is 45.4 Å². The van der Waals surface area contributed by atoms with Crippen molar-refractivity contribution in [3.8, 4) is 0 Å². The number of carbonyl (C=O) groups is 2. The number of aromatic nitrogens is 4. The molecule has 2 fully saturated rings. The summed E-state index contributed by atoms with van der Waals surface area (Å²) in [4.78, 5) is 40.4. The standard InChI is InChI=1S/C24H20F3N7O2/c25-24(26,27)13-4-5-15-14(9-13)20-21(28)30-11-31-22(20)33(15)10-19(35)34-16-7-12(16)8-17(34)23(36)32-18-3-1-2-6-29-18/h1-6,9,11-12,16-17H,7-8,10H2,(H2,28,30,31)(H,29,32,36)/t12-,16-,17+/m1/s1. The van der Waals surface area contributed by atoms with Gasteiger partial charge in [0.25, 0.3) is 0 Å². The van der Waals surface area contributed by atoms with Gasteiger partial charge in [0.1, 0.15) is 36.2 Å². The van der Waals surface area contributed by atoms with E-state index in [1.165, 1.54) is 17.0 Å². The molecule has 2 amide bonds. The van der Waals surface area contributed by atoms with Gasteiger partial charge in [-0.1, -0.05) is 6.07 Å². The summed E-state index contributed by atoms with van der Waals surface area (Å²) >= 11 is 0. The van der Waals surface area contributed by atoms with Crippen molar-refractivity contribution in [3.63, 3.8) is 0 Å². The lowest BCUT2D eigenvalue weighted by Gasteiger charge is -2.27. The van der Waals surface area contributed by atoms with Gasteiger partial charge in [0, 0.05) is 17.6 Å². The number of rotatable bonds is 4. The van der Waals surface area contributed by atoms with Gasteiger partial charge in [-0.05, 0) is 49.1 Å². The van der Waals surface area contributed by atoms with Gasteiger partial charge in [0.05, 0.1) is 16.5 Å². The average Bonchev–Trinajstić information content (AvgIpc) is 3.39. The fourth-order valence-corrected chi connectivity index (χ4v) is 5.19. The maximum absolute atomic E-state index is 13.6. The van der Waals surface area contributed by atoms with E-state index in [1.807, 2.05) is 0 Å². The highest BCUT2D eigenvalue weighted by atomic mass is 19.4. The molecule has 1 saturated carbocycles. The Kier molecular flexibility index (Phi) is 4.88. The van der Waals surface area contributed by atoms with Gasteiger partial charge in [-0.3, -0.25) is 9.59 Å². The van der Waals surface area contributed by atoms with Crippen molar-refractivity contribution in [2.45, 2.75) is 37.6 Å². The summed E-state index contributed by atoms with van der Waals surface area (Å²) in [6.45, 7) is -0.210. The van der Waals surface area contributed by atoms with E-state index in [1.54, 1.807) is 29.3 Å². The Morgan fingerprint density at radius 2 is 1.94 bits per heavy atom. The van der Waals surface area contributed by atoms with E-state index in [-0.39, 0.29) is 52.6 Å². The lowest BCUT2D eigenvalue weighted by Crippen LogP contribution is -2.46. The third kappa shape index (κ3) is 3.60. The van der Waals surface area contributed by atoms with Crippen LogP contribution in [0.2, 0.25) is 0 Å². The summed E-state index contributed by atoms with van der Waals surface area (Å²) in [5.41, 5.74) is 5.80. The number of fused-ring (bicyclic) bond motifs is 4. The first-order chi connectivity index (χ1) is 17.2. The highest BCUT2D eigenvalue weighted by Crippen LogP contribution is 2.48. The Balaban J connectivity index is 1.35. The van der Waals surface area contributed by atoms with Crippen LogP contribution in [0.3, 0.4) is 0 Å². The zero-order valence-corrected chi connectivity index (χ0v) is 18.7. The number of alkyl halides is 3. The molecule has 3 N–H and O–H groups in total. The molecule has 1 aliphatic carbocycles. The van der Waals surface area contributed by atoms with Gasteiger partial charge < -0.3 is 20.5 Å². The normalized spacial score (nSPS) is 21.1. The van der Waals surface area contributed by atoms with Crippen LogP contribution < -0.4 is 11.1 Å². The Labute approximate surface area is 202 Å². The predicted molar refractivity (Wildman–Crippen MR) is 124 cm³/mol. The van der Waals surface area contributed by atoms with Crippen molar-refractivity contribution in [2.75, 3.05) is 11.1 Å². The van der Waals surface area contributed by atoms with E-state index in [0.717, 1.165) is 18.6 Å². The van der Waals surface area contributed by atoms with Crippen molar-refractivity contribution in [3.05, 3.63) is 54.5 Å². The summed E-state index contributed by atoms with van der Waals surface area (Å²) in [7, 11) is 0. The number of nitrogen functional groups attached to an aromatic ring is 1. The number of nitrogens with zero attached hydrogens (tertiary/aromatic N) is 5. The SMILES string of the molecule is Nc1ncnc2c1c1cc(C(F)(F)F)ccc1n2CC(=O)N1[C@@H]2C[C@@H]2C[C@H]1C(=O)Nc1ccccn1. The number of carbonyl (C=O) groups excluding carboxylic acids is 2. The number of piperidine rings is 1. The van der Waals surface area contributed by atoms with E-state index in [9.17, 15) is 22.8 Å². The molecule has 6 rings (SSSR count). The number of amides is 2. The van der Waals surface area contributed by atoms with Crippen LogP contribution in [-0.4, -0.2) is 48.3 Å². The van der Waals surface area contributed by atoms with Crippen LogP contribution in [0, 0.1) is 5.92 Å². The largest absolute Gasteiger partial charge is 0.416 e. The monoisotopic (exact) mass is 495 g/mol. The molecular formula is C24H20F3N7O2. The molecular weight excluding hydrogens is 475 g/mol. The van der Waals surface area contributed by atoms with Crippen LogP contribution in [0.5, 0.6) is 0 Å². The molecule has 4 aromatic rings. The Morgan fingerprint density at radius 3 is 2.69 bits per heavy atom. The highest BCUT2D eigenvalue weighted by molar-refractivity contribution is 6.12. The number of hydrogen-bond donors (Lipinski definition) is 2. The molecule has 4 heterocycles. The van der Waals surface area contributed by atoms with E-state index in [0.29, 0.717) is 17.8 Å². The number of anilines is 2. The van der Waals surface area contributed by atoms with Gasteiger partial charge in [-0.25, -0.2) is 15.0 Å². The second-order valence-electron chi connectivity index (χ2n) is 9.09. The summed E-state index contributed by atoms with van der Waals surface area (Å²) in [5.74, 6) is 0.0193. The van der Waals surface area contributed by atoms with Gasteiger partial charge in [-0.2, -0.15) is 13.2 Å². The molecule has 184 valence electrons. The van der Waals surface area contributed by atoms with Crippen molar-refractivity contribution in [1.29, 1.82) is 0 Å². The molecule has 1 saturated heterocycles. The average molecular weight is 495 g/mol. The molecule has 0 unspecified atom stereocenters. The number of halogens is 3. The van der Waals surface area contributed by atoms with Crippen LogP contribution >= 0.6 is 0 Å². The molecule has 0 spiro atoms. The molecule has 2 aliphatic rings. The summed E-state index contributed by atoms with van der Waals surface area (Å²) in [6, 6.07) is 7.71. The fraction of sp³-hybridized carbons (Fsp3) is 0.292. The molecule has 3 atom stereocenters. The van der Waals surface area contributed by atoms with Gasteiger partial charge in [0.2, 0.25) is 11.8 Å². The van der Waals surface area contributed by atoms with E-state index in [4.69, 9.17) is 5.73 Å². The fourth-order valence-electron chi connectivity index (χ4n) is 5.19.